The summed E-state index contributed by atoms with van der Waals surface area (Å²) in [5.41, 5.74) is 1.74. The highest BCUT2D eigenvalue weighted by Crippen LogP contribution is 2.17. The number of carbonyl (C=O) groups is 1. The molecule has 0 unspecified atom stereocenters. The Labute approximate surface area is 94.0 Å². The lowest BCUT2D eigenvalue weighted by atomic mass is 10.1. The molecule has 0 fully saturated rings. The molecule has 4 nitrogen and oxygen atoms in total. The normalized spacial score (nSPS) is 10.9. The maximum Gasteiger partial charge on any atom is 0.224 e. The number of hydrogen-bond acceptors (Lipinski definition) is 2. The van der Waals surface area contributed by atoms with Crippen LogP contribution >= 0.6 is 0 Å². The van der Waals surface area contributed by atoms with Crippen LogP contribution in [-0.2, 0) is 4.79 Å². The van der Waals surface area contributed by atoms with Gasteiger partial charge in [-0.1, -0.05) is 13.8 Å². The van der Waals surface area contributed by atoms with Crippen molar-refractivity contribution in [3.63, 3.8) is 0 Å². The number of H-pyrrole nitrogens is 1. The average molecular weight is 217 g/mol. The van der Waals surface area contributed by atoms with Crippen LogP contribution in [0.3, 0.4) is 0 Å². The van der Waals surface area contributed by atoms with Crippen molar-refractivity contribution >= 4 is 22.5 Å². The molecule has 2 N–H and O–H groups in total. The van der Waals surface area contributed by atoms with Crippen LogP contribution < -0.4 is 5.32 Å². The summed E-state index contributed by atoms with van der Waals surface area (Å²) in [5, 5.41) is 10.7. The first-order valence-corrected chi connectivity index (χ1v) is 5.38. The van der Waals surface area contributed by atoms with E-state index in [4.69, 9.17) is 0 Å². The maximum absolute atomic E-state index is 11.6. The Morgan fingerprint density at radius 1 is 1.50 bits per heavy atom. The van der Waals surface area contributed by atoms with Gasteiger partial charge in [0.2, 0.25) is 5.91 Å². The molecule has 1 amide bonds. The van der Waals surface area contributed by atoms with Crippen molar-refractivity contribution in [2.24, 2.45) is 5.92 Å². The number of rotatable bonds is 3. The van der Waals surface area contributed by atoms with E-state index in [-0.39, 0.29) is 5.91 Å². The largest absolute Gasteiger partial charge is 0.326 e. The lowest BCUT2D eigenvalue weighted by Gasteiger charge is -2.06. The molecule has 0 radical (unpaired) electrons. The lowest BCUT2D eigenvalue weighted by molar-refractivity contribution is -0.116. The zero-order valence-electron chi connectivity index (χ0n) is 9.45. The monoisotopic (exact) mass is 217 g/mol. The molecule has 0 spiro atoms. The summed E-state index contributed by atoms with van der Waals surface area (Å²) in [6.07, 6.45) is 2.30. The van der Waals surface area contributed by atoms with Gasteiger partial charge < -0.3 is 5.32 Å². The Morgan fingerprint density at radius 3 is 3.06 bits per heavy atom. The average Bonchev–Trinajstić information content (AvgIpc) is 2.63. The fourth-order valence-corrected chi connectivity index (χ4v) is 1.60. The highest BCUT2D eigenvalue weighted by atomic mass is 16.1. The molecule has 0 aliphatic heterocycles. The Balaban J connectivity index is 2.11. The van der Waals surface area contributed by atoms with Gasteiger partial charge in [-0.2, -0.15) is 5.10 Å². The quantitative estimate of drug-likeness (QED) is 0.830. The first kappa shape index (κ1) is 10.7. The highest BCUT2D eigenvalue weighted by molar-refractivity contribution is 5.93. The first-order chi connectivity index (χ1) is 7.65. The van der Waals surface area contributed by atoms with Gasteiger partial charge in [-0.05, 0) is 24.1 Å². The number of nitrogens with zero attached hydrogens (tertiary/aromatic N) is 1. The topological polar surface area (TPSA) is 57.8 Å². The first-order valence-electron chi connectivity index (χ1n) is 5.38. The smallest absolute Gasteiger partial charge is 0.224 e. The van der Waals surface area contributed by atoms with Gasteiger partial charge in [0.15, 0.2) is 0 Å². The summed E-state index contributed by atoms with van der Waals surface area (Å²) >= 11 is 0. The molecule has 0 bridgehead atoms. The second kappa shape index (κ2) is 4.35. The van der Waals surface area contributed by atoms with E-state index in [0.29, 0.717) is 12.3 Å². The molecule has 84 valence electrons. The van der Waals surface area contributed by atoms with Crippen LogP contribution in [0, 0.1) is 5.92 Å². The second-order valence-electron chi connectivity index (χ2n) is 4.32. The summed E-state index contributed by atoms with van der Waals surface area (Å²) in [7, 11) is 0. The van der Waals surface area contributed by atoms with E-state index in [1.807, 2.05) is 32.0 Å². The van der Waals surface area contributed by atoms with Crippen molar-refractivity contribution in [1.82, 2.24) is 10.2 Å². The van der Waals surface area contributed by atoms with Crippen molar-refractivity contribution in [3.05, 3.63) is 24.4 Å². The highest BCUT2D eigenvalue weighted by Gasteiger charge is 2.05. The van der Waals surface area contributed by atoms with Crippen LogP contribution in [0.4, 0.5) is 5.69 Å². The van der Waals surface area contributed by atoms with E-state index in [1.165, 1.54) is 0 Å². The number of aromatic nitrogens is 2. The molecule has 1 heterocycles. The molecule has 0 aliphatic carbocycles. The Bertz CT molecular complexity index is 502. The molecule has 1 aromatic carbocycles. The molecular weight excluding hydrogens is 202 g/mol. The lowest BCUT2D eigenvalue weighted by Crippen LogP contribution is -2.13. The van der Waals surface area contributed by atoms with Gasteiger partial charge in [-0.3, -0.25) is 9.89 Å². The summed E-state index contributed by atoms with van der Waals surface area (Å²) in [6, 6.07) is 5.71. The number of hydrogen-bond donors (Lipinski definition) is 2. The van der Waals surface area contributed by atoms with Gasteiger partial charge in [0.1, 0.15) is 0 Å². The zero-order chi connectivity index (χ0) is 11.5. The summed E-state index contributed by atoms with van der Waals surface area (Å²) < 4.78 is 0. The van der Waals surface area contributed by atoms with Gasteiger partial charge >= 0.3 is 0 Å². The fraction of sp³-hybridized carbons (Fsp3) is 0.333. The van der Waals surface area contributed by atoms with E-state index in [1.54, 1.807) is 6.20 Å². The molecule has 4 heteroatoms. The van der Waals surface area contributed by atoms with Crippen LogP contribution in [0.15, 0.2) is 24.4 Å². The molecule has 1 aromatic heterocycles. The number of benzene rings is 1. The third-order valence-electron chi connectivity index (χ3n) is 2.32. The van der Waals surface area contributed by atoms with Crippen molar-refractivity contribution in [1.29, 1.82) is 0 Å². The van der Waals surface area contributed by atoms with Crippen molar-refractivity contribution in [2.75, 3.05) is 5.32 Å². The van der Waals surface area contributed by atoms with Gasteiger partial charge in [-0.15, -0.1) is 0 Å². The van der Waals surface area contributed by atoms with Crippen molar-refractivity contribution in [3.8, 4) is 0 Å². The number of anilines is 1. The van der Waals surface area contributed by atoms with E-state index < -0.39 is 0 Å². The van der Waals surface area contributed by atoms with E-state index in [9.17, 15) is 4.79 Å². The van der Waals surface area contributed by atoms with Crippen molar-refractivity contribution in [2.45, 2.75) is 20.3 Å². The van der Waals surface area contributed by atoms with Gasteiger partial charge in [0.25, 0.3) is 0 Å². The Hall–Kier alpha value is -1.84. The van der Waals surface area contributed by atoms with Crippen LogP contribution in [0.1, 0.15) is 20.3 Å². The second-order valence-corrected chi connectivity index (χ2v) is 4.32. The molecule has 0 saturated carbocycles. The minimum Gasteiger partial charge on any atom is -0.326 e. The maximum atomic E-state index is 11.6. The zero-order valence-corrected chi connectivity index (χ0v) is 9.45. The number of nitrogens with one attached hydrogen (secondary N) is 2. The third-order valence-corrected chi connectivity index (χ3v) is 2.32. The number of fused-ring (bicyclic) bond motifs is 1. The van der Waals surface area contributed by atoms with E-state index in [0.717, 1.165) is 16.6 Å². The van der Waals surface area contributed by atoms with Gasteiger partial charge in [-0.25, -0.2) is 0 Å². The molecule has 16 heavy (non-hydrogen) atoms. The molecule has 2 rings (SSSR count). The molecule has 0 atom stereocenters. The predicted octanol–water partition coefficient (Wildman–Crippen LogP) is 2.55. The van der Waals surface area contributed by atoms with Gasteiger partial charge in [0, 0.05) is 17.5 Å². The number of carbonyl (C=O) groups excluding carboxylic acids is 1. The molecular formula is C12H15N3O. The molecule has 2 aromatic rings. The molecule has 0 saturated heterocycles. The third kappa shape index (κ3) is 2.39. The molecule has 0 aliphatic rings. The van der Waals surface area contributed by atoms with Crippen molar-refractivity contribution < 1.29 is 4.79 Å². The van der Waals surface area contributed by atoms with Crippen LogP contribution in [0.2, 0.25) is 0 Å². The predicted molar refractivity (Wildman–Crippen MR) is 64.2 cm³/mol. The minimum atomic E-state index is 0.0499. The standard InChI is InChI=1S/C12H15N3O/c1-8(2)5-12(16)14-10-4-3-9-7-13-15-11(9)6-10/h3-4,6-8H,5H2,1-2H3,(H,13,15)(H,14,16). The summed E-state index contributed by atoms with van der Waals surface area (Å²) in [6.45, 7) is 4.05. The van der Waals surface area contributed by atoms with Crippen LogP contribution in [0.25, 0.3) is 10.9 Å². The van der Waals surface area contributed by atoms with Crippen LogP contribution in [-0.4, -0.2) is 16.1 Å². The number of amides is 1. The SMILES string of the molecule is CC(C)CC(=O)Nc1ccc2cn[nH]c2c1. The Morgan fingerprint density at radius 2 is 2.31 bits per heavy atom. The Kier molecular flexibility index (Phi) is 2.90. The summed E-state index contributed by atoms with van der Waals surface area (Å²) in [5.74, 6) is 0.421. The summed E-state index contributed by atoms with van der Waals surface area (Å²) in [4.78, 5) is 11.6. The van der Waals surface area contributed by atoms with E-state index in [2.05, 4.69) is 15.5 Å². The van der Waals surface area contributed by atoms with E-state index >= 15 is 0 Å². The fourth-order valence-electron chi connectivity index (χ4n) is 1.60. The van der Waals surface area contributed by atoms with Crippen LogP contribution in [0.5, 0.6) is 0 Å². The minimum absolute atomic E-state index is 0.0499. The number of aromatic amines is 1. The van der Waals surface area contributed by atoms with Gasteiger partial charge in [0.05, 0.1) is 11.7 Å².